The van der Waals surface area contributed by atoms with Crippen LogP contribution in [-0.2, 0) is 6.54 Å². The molecule has 4 rings (SSSR count). The lowest BCUT2D eigenvalue weighted by Crippen LogP contribution is -2.10. The Kier molecular flexibility index (Phi) is 5.08. The van der Waals surface area contributed by atoms with Gasteiger partial charge in [0.05, 0.1) is 19.3 Å². The number of aromatic nitrogens is 4. The quantitative estimate of drug-likeness (QED) is 0.665. The zero-order chi connectivity index (χ0) is 21.4. The summed E-state index contributed by atoms with van der Waals surface area (Å²) in [5.41, 5.74) is 8.14. The van der Waals surface area contributed by atoms with Crippen molar-refractivity contribution in [2.24, 2.45) is 0 Å². The summed E-state index contributed by atoms with van der Waals surface area (Å²) < 4.78 is 36.0. The first-order chi connectivity index (χ1) is 14.4. The van der Waals surface area contributed by atoms with Crippen molar-refractivity contribution in [3.8, 4) is 23.3 Å². The lowest BCUT2D eigenvalue weighted by Gasteiger charge is -2.11. The number of rotatable bonds is 6. The molecule has 3 aromatic rings. The number of nitrogen functional groups attached to an aromatic ring is 1. The van der Waals surface area contributed by atoms with E-state index in [1.165, 1.54) is 18.3 Å². The van der Waals surface area contributed by atoms with E-state index in [-0.39, 0.29) is 41.0 Å². The molecule has 1 fully saturated rings. The van der Waals surface area contributed by atoms with E-state index < -0.39 is 11.6 Å². The van der Waals surface area contributed by atoms with E-state index in [0.717, 1.165) is 24.1 Å². The molecule has 1 saturated carbocycles. The van der Waals surface area contributed by atoms with Gasteiger partial charge in [0.15, 0.2) is 5.82 Å². The summed E-state index contributed by atoms with van der Waals surface area (Å²) in [6.45, 7) is 3.88. The maximum Gasteiger partial charge on any atom is 0.182 e. The second kappa shape index (κ2) is 7.71. The van der Waals surface area contributed by atoms with Crippen molar-refractivity contribution in [1.82, 2.24) is 19.7 Å². The Labute approximate surface area is 172 Å². The molecule has 2 aromatic heterocycles. The lowest BCUT2D eigenvalue weighted by molar-refractivity contribution is 0.335. The van der Waals surface area contributed by atoms with Crippen LogP contribution in [0.2, 0.25) is 0 Å². The summed E-state index contributed by atoms with van der Waals surface area (Å²) in [5.74, 6) is -0.610. The molecular weight excluding hydrogens is 390 g/mol. The van der Waals surface area contributed by atoms with Crippen LogP contribution in [-0.4, -0.2) is 26.4 Å². The smallest absolute Gasteiger partial charge is 0.182 e. The maximum absolute atomic E-state index is 14.6. The number of ether oxygens (including phenoxy) is 1. The highest BCUT2D eigenvalue weighted by atomic mass is 19.1. The van der Waals surface area contributed by atoms with Crippen molar-refractivity contribution in [1.29, 1.82) is 5.26 Å². The van der Waals surface area contributed by atoms with Gasteiger partial charge in [-0.15, -0.1) is 0 Å². The topological polar surface area (TPSA) is 103 Å². The van der Waals surface area contributed by atoms with Crippen LogP contribution in [0.5, 0.6) is 5.75 Å². The van der Waals surface area contributed by atoms with Crippen LogP contribution in [0.15, 0.2) is 18.3 Å². The molecule has 1 aliphatic carbocycles. The second-order valence-corrected chi connectivity index (χ2v) is 7.19. The summed E-state index contributed by atoms with van der Waals surface area (Å²) in [7, 11) is 0. The summed E-state index contributed by atoms with van der Waals surface area (Å²) in [6.07, 6.45) is 3.31. The molecule has 2 N–H and O–H groups in total. The molecule has 7 nitrogen and oxygen atoms in total. The predicted octanol–water partition coefficient (Wildman–Crippen LogP) is 3.71. The molecule has 154 valence electrons. The summed E-state index contributed by atoms with van der Waals surface area (Å²) >= 11 is 0. The summed E-state index contributed by atoms with van der Waals surface area (Å²) in [5, 5.41) is 13.6. The van der Waals surface area contributed by atoms with E-state index >= 15 is 0 Å². The molecule has 0 unspecified atom stereocenters. The number of nitrogens with two attached hydrogens (primary N) is 1. The SMILES string of the molecule is CCOc1cc(F)c(Cn2nc(-c3ncc(C#N)c(N)n3)c(C)c2C2CC2)c(F)c1. The van der Waals surface area contributed by atoms with Crippen LogP contribution < -0.4 is 10.5 Å². The minimum Gasteiger partial charge on any atom is -0.494 e. The Morgan fingerprint density at radius 1 is 1.30 bits per heavy atom. The Hall–Kier alpha value is -3.54. The van der Waals surface area contributed by atoms with E-state index in [1.54, 1.807) is 11.6 Å². The van der Waals surface area contributed by atoms with Gasteiger partial charge in [0.2, 0.25) is 0 Å². The van der Waals surface area contributed by atoms with Crippen molar-refractivity contribution in [3.63, 3.8) is 0 Å². The van der Waals surface area contributed by atoms with Gasteiger partial charge in [-0.1, -0.05) is 0 Å². The fourth-order valence-electron chi connectivity index (χ4n) is 3.50. The van der Waals surface area contributed by atoms with Gasteiger partial charge in [0, 0.05) is 34.9 Å². The average Bonchev–Trinajstić information content (AvgIpc) is 3.48. The molecule has 0 atom stereocenters. The number of nitriles is 1. The van der Waals surface area contributed by atoms with Gasteiger partial charge in [-0.25, -0.2) is 18.7 Å². The van der Waals surface area contributed by atoms with Gasteiger partial charge in [0.25, 0.3) is 0 Å². The first-order valence-corrected chi connectivity index (χ1v) is 9.63. The van der Waals surface area contributed by atoms with Crippen molar-refractivity contribution in [2.75, 3.05) is 12.3 Å². The van der Waals surface area contributed by atoms with Crippen LogP contribution in [0.3, 0.4) is 0 Å². The van der Waals surface area contributed by atoms with E-state index in [2.05, 4.69) is 15.1 Å². The summed E-state index contributed by atoms with van der Waals surface area (Å²) in [6, 6.07) is 4.28. The summed E-state index contributed by atoms with van der Waals surface area (Å²) in [4.78, 5) is 8.38. The van der Waals surface area contributed by atoms with Gasteiger partial charge in [-0.2, -0.15) is 10.4 Å². The number of hydrogen-bond acceptors (Lipinski definition) is 6. The molecular formula is C21H20F2N6O. The third-order valence-corrected chi connectivity index (χ3v) is 5.09. The minimum atomic E-state index is -0.686. The molecule has 2 heterocycles. The fourth-order valence-corrected chi connectivity index (χ4v) is 3.50. The third-order valence-electron chi connectivity index (χ3n) is 5.09. The van der Waals surface area contributed by atoms with Crippen LogP contribution in [0.25, 0.3) is 11.5 Å². The van der Waals surface area contributed by atoms with Crippen molar-refractivity contribution >= 4 is 5.82 Å². The molecule has 0 amide bonds. The monoisotopic (exact) mass is 410 g/mol. The van der Waals surface area contributed by atoms with Crippen molar-refractivity contribution in [3.05, 3.63) is 52.3 Å². The first-order valence-electron chi connectivity index (χ1n) is 9.63. The Morgan fingerprint density at radius 2 is 2.00 bits per heavy atom. The zero-order valence-electron chi connectivity index (χ0n) is 16.6. The number of halogens is 2. The first kappa shape index (κ1) is 19.8. The van der Waals surface area contributed by atoms with Gasteiger partial charge in [0.1, 0.15) is 40.5 Å². The van der Waals surface area contributed by atoms with Crippen LogP contribution in [0, 0.1) is 29.9 Å². The van der Waals surface area contributed by atoms with Gasteiger partial charge >= 0.3 is 0 Å². The normalized spacial score (nSPS) is 13.3. The highest BCUT2D eigenvalue weighted by molar-refractivity contribution is 5.60. The Morgan fingerprint density at radius 3 is 2.57 bits per heavy atom. The van der Waals surface area contributed by atoms with E-state index in [1.807, 2.05) is 13.0 Å². The average molecular weight is 410 g/mol. The number of benzene rings is 1. The predicted molar refractivity (Wildman–Crippen MR) is 106 cm³/mol. The molecule has 9 heteroatoms. The molecule has 0 bridgehead atoms. The largest absolute Gasteiger partial charge is 0.494 e. The highest BCUT2D eigenvalue weighted by Crippen LogP contribution is 2.43. The van der Waals surface area contributed by atoms with E-state index in [4.69, 9.17) is 15.7 Å². The standard InChI is InChI=1S/C21H20F2N6O/c1-3-30-14-6-16(22)15(17(23)7-14)10-29-19(12-4-5-12)11(2)18(28-29)21-26-9-13(8-24)20(25)27-21/h6-7,9,12H,3-5,10H2,1-2H3,(H2,25,26,27). The minimum absolute atomic E-state index is 0.0630. The molecule has 30 heavy (non-hydrogen) atoms. The van der Waals surface area contributed by atoms with Gasteiger partial charge in [-0.3, -0.25) is 4.68 Å². The Balaban J connectivity index is 1.76. The molecule has 0 spiro atoms. The number of anilines is 1. The van der Waals surface area contributed by atoms with Crippen LogP contribution in [0.4, 0.5) is 14.6 Å². The Bertz CT molecular complexity index is 1140. The third kappa shape index (κ3) is 3.56. The fraction of sp³-hybridized carbons (Fsp3) is 0.333. The van der Waals surface area contributed by atoms with E-state index in [9.17, 15) is 8.78 Å². The van der Waals surface area contributed by atoms with Gasteiger partial charge in [-0.05, 0) is 26.7 Å². The molecule has 1 aromatic carbocycles. The van der Waals surface area contributed by atoms with Crippen molar-refractivity contribution < 1.29 is 13.5 Å². The maximum atomic E-state index is 14.6. The highest BCUT2D eigenvalue weighted by Gasteiger charge is 2.32. The number of nitrogens with zero attached hydrogens (tertiary/aromatic N) is 5. The molecule has 1 aliphatic rings. The number of hydrogen-bond donors (Lipinski definition) is 1. The van der Waals surface area contributed by atoms with Crippen LogP contribution >= 0.6 is 0 Å². The van der Waals surface area contributed by atoms with Gasteiger partial charge < -0.3 is 10.5 Å². The zero-order valence-corrected chi connectivity index (χ0v) is 16.6. The second-order valence-electron chi connectivity index (χ2n) is 7.19. The van der Waals surface area contributed by atoms with Crippen LogP contribution in [0.1, 0.15) is 48.1 Å². The lowest BCUT2D eigenvalue weighted by atomic mass is 10.1. The molecule has 0 radical (unpaired) electrons. The van der Waals surface area contributed by atoms with E-state index in [0.29, 0.717) is 12.3 Å². The molecule has 0 aliphatic heterocycles. The van der Waals surface area contributed by atoms with Crippen molar-refractivity contribution in [2.45, 2.75) is 39.2 Å². The molecule has 0 saturated heterocycles.